The van der Waals surface area contributed by atoms with Crippen LogP contribution in [0.3, 0.4) is 0 Å². The molecule has 5 nitrogen and oxygen atoms in total. The predicted molar refractivity (Wildman–Crippen MR) is 118 cm³/mol. The van der Waals surface area contributed by atoms with Crippen LogP contribution in [0, 0.1) is 11.3 Å². The topological polar surface area (TPSA) is 71.3 Å². The molecule has 0 spiro atoms. The number of nitrogens with zero attached hydrogens (tertiary/aromatic N) is 1. The minimum atomic E-state index is -0.863. The molecular weight excluding hydrogens is 423 g/mol. The lowest BCUT2D eigenvalue weighted by molar-refractivity contribution is -0.125. The standard InChI is InChI=1S/C23H24Cl2N2O3/c1-3-15(2)30-18-5-7-21(16(12-18)14-26)27-22(28)23(8-10-29-11-9-23)19-6-4-17(24)13-20(19)25/h4-7,12-13,15H,3,8-11H2,1-2H3,(H,27,28)/t15-/m0/s1. The number of hydrogen-bond acceptors (Lipinski definition) is 4. The summed E-state index contributed by atoms with van der Waals surface area (Å²) in [5, 5.41) is 13.5. The molecule has 30 heavy (non-hydrogen) atoms. The molecule has 0 unspecified atom stereocenters. The van der Waals surface area contributed by atoms with Crippen LogP contribution in [0.2, 0.25) is 10.0 Å². The van der Waals surface area contributed by atoms with Crippen LogP contribution in [-0.4, -0.2) is 25.2 Å². The molecule has 158 valence electrons. The van der Waals surface area contributed by atoms with E-state index >= 15 is 0 Å². The largest absolute Gasteiger partial charge is 0.491 e. The molecule has 1 N–H and O–H groups in total. The van der Waals surface area contributed by atoms with Crippen LogP contribution >= 0.6 is 23.2 Å². The number of ether oxygens (including phenoxy) is 2. The zero-order valence-electron chi connectivity index (χ0n) is 17.0. The summed E-state index contributed by atoms with van der Waals surface area (Å²) in [6.07, 6.45) is 1.86. The minimum Gasteiger partial charge on any atom is -0.491 e. The molecule has 1 atom stereocenters. The molecule has 0 radical (unpaired) electrons. The molecule has 0 bridgehead atoms. The highest BCUT2D eigenvalue weighted by Gasteiger charge is 2.43. The van der Waals surface area contributed by atoms with Gasteiger partial charge in [0, 0.05) is 29.3 Å². The van der Waals surface area contributed by atoms with Gasteiger partial charge in [0.05, 0.1) is 22.8 Å². The van der Waals surface area contributed by atoms with Gasteiger partial charge in [0.1, 0.15) is 11.8 Å². The Labute approximate surface area is 186 Å². The van der Waals surface area contributed by atoms with E-state index in [4.69, 9.17) is 32.7 Å². The van der Waals surface area contributed by atoms with E-state index in [9.17, 15) is 10.1 Å². The highest BCUT2D eigenvalue weighted by molar-refractivity contribution is 6.35. The number of rotatable bonds is 6. The van der Waals surface area contributed by atoms with Crippen molar-refractivity contribution in [3.63, 3.8) is 0 Å². The SMILES string of the molecule is CC[C@H](C)Oc1ccc(NC(=O)C2(c3ccc(Cl)cc3Cl)CCOCC2)c(C#N)c1. The van der Waals surface area contributed by atoms with Gasteiger partial charge in [-0.1, -0.05) is 36.2 Å². The summed E-state index contributed by atoms with van der Waals surface area (Å²) in [6.45, 7) is 4.88. The summed E-state index contributed by atoms with van der Waals surface area (Å²) in [6, 6.07) is 12.4. The van der Waals surface area contributed by atoms with Gasteiger partial charge in [-0.15, -0.1) is 0 Å². The number of halogens is 2. The molecule has 0 aliphatic carbocycles. The van der Waals surface area contributed by atoms with E-state index in [2.05, 4.69) is 11.4 Å². The number of nitrogens with one attached hydrogen (secondary N) is 1. The van der Waals surface area contributed by atoms with Gasteiger partial charge in [0.15, 0.2) is 0 Å². The number of amides is 1. The molecule has 1 fully saturated rings. The zero-order valence-corrected chi connectivity index (χ0v) is 18.5. The Hall–Kier alpha value is -2.26. The molecule has 1 saturated heterocycles. The van der Waals surface area contributed by atoms with Gasteiger partial charge in [-0.25, -0.2) is 0 Å². The Bertz CT molecular complexity index is 965. The van der Waals surface area contributed by atoms with E-state index < -0.39 is 5.41 Å². The predicted octanol–water partition coefficient (Wildman–Crippen LogP) is 5.73. The van der Waals surface area contributed by atoms with Gasteiger partial charge >= 0.3 is 0 Å². The van der Waals surface area contributed by atoms with Crippen molar-refractivity contribution in [1.82, 2.24) is 0 Å². The van der Waals surface area contributed by atoms with Crippen molar-refractivity contribution in [2.45, 2.75) is 44.6 Å². The van der Waals surface area contributed by atoms with E-state index in [1.165, 1.54) is 0 Å². The fraction of sp³-hybridized carbons (Fsp3) is 0.391. The fourth-order valence-corrected chi connectivity index (χ4v) is 4.16. The van der Waals surface area contributed by atoms with Crippen LogP contribution in [-0.2, 0) is 14.9 Å². The summed E-state index contributed by atoms with van der Waals surface area (Å²) >= 11 is 12.5. The van der Waals surface area contributed by atoms with Crippen molar-refractivity contribution in [3.8, 4) is 11.8 Å². The summed E-state index contributed by atoms with van der Waals surface area (Å²) in [4.78, 5) is 13.5. The summed E-state index contributed by atoms with van der Waals surface area (Å²) < 4.78 is 11.3. The van der Waals surface area contributed by atoms with Gasteiger partial charge in [-0.2, -0.15) is 5.26 Å². The average Bonchev–Trinajstić information content (AvgIpc) is 2.75. The minimum absolute atomic E-state index is 0.0366. The highest BCUT2D eigenvalue weighted by atomic mass is 35.5. The third kappa shape index (κ3) is 4.73. The van der Waals surface area contributed by atoms with Gasteiger partial charge in [-0.3, -0.25) is 4.79 Å². The Morgan fingerprint density at radius 1 is 1.27 bits per heavy atom. The van der Waals surface area contributed by atoms with Crippen LogP contribution in [0.4, 0.5) is 5.69 Å². The molecule has 2 aromatic carbocycles. The monoisotopic (exact) mass is 446 g/mol. The highest BCUT2D eigenvalue weighted by Crippen LogP contribution is 2.41. The van der Waals surface area contributed by atoms with Gasteiger partial charge in [0.2, 0.25) is 5.91 Å². The number of benzene rings is 2. The first kappa shape index (κ1) is 22.4. The Kier molecular flexibility index (Phi) is 7.25. The first-order chi connectivity index (χ1) is 14.4. The zero-order chi connectivity index (χ0) is 21.7. The Morgan fingerprint density at radius 2 is 2.00 bits per heavy atom. The summed E-state index contributed by atoms with van der Waals surface area (Å²) in [5.74, 6) is 0.377. The first-order valence-electron chi connectivity index (χ1n) is 9.95. The van der Waals surface area contributed by atoms with E-state index in [0.29, 0.717) is 58.7 Å². The smallest absolute Gasteiger partial charge is 0.235 e. The summed E-state index contributed by atoms with van der Waals surface area (Å²) in [7, 11) is 0. The molecule has 2 aromatic rings. The molecule has 1 heterocycles. The van der Waals surface area contributed by atoms with Crippen molar-refractivity contribution < 1.29 is 14.3 Å². The van der Waals surface area contributed by atoms with E-state index in [-0.39, 0.29) is 12.0 Å². The number of carbonyl (C=O) groups excluding carboxylic acids is 1. The molecule has 7 heteroatoms. The van der Waals surface area contributed by atoms with Gasteiger partial charge in [-0.05, 0) is 56.0 Å². The molecule has 3 rings (SSSR count). The molecule has 1 amide bonds. The van der Waals surface area contributed by atoms with Crippen LogP contribution in [0.25, 0.3) is 0 Å². The molecular formula is C23H24Cl2N2O3. The molecule has 1 aliphatic rings. The Morgan fingerprint density at radius 3 is 2.63 bits per heavy atom. The molecule has 1 aliphatic heterocycles. The van der Waals surface area contributed by atoms with Crippen LogP contribution in [0.5, 0.6) is 5.75 Å². The normalized spacial score (nSPS) is 16.4. The number of nitriles is 1. The van der Waals surface area contributed by atoms with Gasteiger partial charge in [0.25, 0.3) is 0 Å². The lowest BCUT2D eigenvalue weighted by Gasteiger charge is -2.37. The second kappa shape index (κ2) is 9.70. The van der Waals surface area contributed by atoms with Crippen molar-refractivity contribution in [2.75, 3.05) is 18.5 Å². The van der Waals surface area contributed by atoms with Crippen molar-refractivity contribution in [2.24, 2.45) is 0 Å². The second-order valence-corrected chi connectivity index (χ2v) is 8.27. The van der Waals surface area contributed by atoms with Gasteiger partial charge < -0.3 is 14.8 Å². The maximum Gasteiger partial charge on any atom is 0.235 e. The fourth-order valence-electron chi connectivity index (χ4n) is 3.57. The first-order valence-corrected chi connectivity index (χ1v) is 10.7. The summed E-state index contributed by atoms with van der Waals surface area (Å²) in [5.41, 5.74) is 0.631. The molecule has 0 saturated carbocycles. The number of anilines is 1. The third-order valence-corrected chi connectivity index (χ3v) is 6.05. The lowest BCUT2D eigenvalue weighted by atomic mass is 9.73. The lowest BCUT2D eigenvalue weighted by Crippen LogP contribution is -2.45. The number of carbonyl (C=O) groups is 1. The molecule has 0 aromatic heterocycles. The number of hydrogen-bond donors (Lipinski definition) is 1. The van der Waals surface area contributed by atoms with E-state index in [1.807, 2.05) is 13.8 Å². The van der Waals surface area contributed by atoms with Crippen LogP contribution in [0.1, 0.15) is 44.2 Å². The van der Waals surface area contributed by atoms with Crippen molar-refractivity contribution >= 4 is 34.8 Å². The van der Waals surface area contributed by atoms with E-state index in [0.717, 1.165) is 6.42 Å². The van der Waals surface area contributed by atoms with E-state index in [1.54, 1.807) is 36.4 Å². The third-order valence-electron chi connectivity index (χ3n) is 5.50. The van der Waals surface area contributed by atoms with Crippen molar-refractivity contribution in [1.29, 1.82) is 5.26 Å². The van der Waals surface area contributed by atoms with Crippen LogP contribution < -0.4 is 10.1 Å². The Balaban J connectivity index is 1.92. The maximum absolute atomic E-state index is 13.5. The van der Waals surface area contributed by atoms with Crippen LogP contribution in [0.15, 0.2) is 36.4 Å². The maximum atomic E-state index is 13.5. The van der Waals surface area contributed by atoms with Crippen molar-refractivity contribution in [3.05, 3.63) is 57.6 Å². The average molecular weight is 447 g/mol. The second-order valence-electron chi connectivity index (χ2n) is 7.43. The quantitative estimate of drug-likeness (QED) is 0.614.